The molecule has 0 aromatic heterocycles. The number of ether oxygens (including phenoxy) is 1. The molecule has 2 aromatic carbocycles. The summed E-state index contributed by atoms with van der Waals surface area (Å²) in [7, 11) is -1.58. The van der Waals surface area contributed by atoms with Crippen LogP contribution in [0, 0.1) is 11.7 Å². The van der Waals surface area contributed by atoms with Gasteiger partial charge in [0.2, 0.25) is 0 Å². The topological polar surface area (TPSA) is 79.8 Å². The van der Waals surface area contributed by atoms with Crippen molar-refractivity contribution in [3.8, 4) is 5.75 Å². The maximum atomic E-state index is 13.7. The highest BCUT2D eigenvalue weighted by molar-refractivity contribution is 14.0. The van der Waals surface area contributed by atoms with E-state index in [4.69, 9.17) is 4.74 Å². The van der Waals surface area contributed by atoms with Crippen LogP contribution in [0.5, 0.6) is 5.75 Å². The minimum atomic E-state index is -3.22. The highest BCUT2D eigenvalue weighted by Gasteiger charge is 2.22. The SMILES string of the molecule is CN=C(NCc1cc(F)ccc1CS(C)(=O)=O)NCc1ccccc1OCC1CC1.I. The van der Waals surface area contributed by atoms with Crippen molar-refractivity contribution in [1.82, 2.24) is 10.6 Å². The van der Waals surface area contributed by atoms with Crippen LogP contribution in [0.1, 0.15) is 29.5 Å². The molecule has 0 heterocycles. The summed E-state index contributed by atoms with van der Waals surface area (Å²) in [5.41, 5.74) is 2.17. The number of nitrogens with one attached hydrogen (secondary N) is 2. The predicted octanol–water partition coefficient (Wildman–Crippen LogP) is 3.64. The minimum absolute atomic E-state index is 0. The van der Waals surface area contributed by atoms with E-state index in [9.17, 15) is 12.8 Å². The number of guanidine groups is 1. The zero-order chi connectivity index (χ0) is 21.6. The van der Waals surface area contributed by atoms with Crippen molar-refractivity contribution in [2.45, 2.75) is 31.7 Å². The van der Waals surface area contributed by atoms with Gasteiger partial charge in [-0.25, -0.2) is 12.8 Å². The third-order valence-corrected chi connectivity index (χ3v) is 5.68. The monoisotopic (exact) mass is 561 g/mol. The van der Waals surface area contributed by atoms with Crippen LogP contribution in [0.15, 0.2) is 47.5 Å². The highest BCUT2D eigenvalue weighted by atomic mass is 127. The molecule has 31 heavy (non-hydrogen) atoms. The summed E-state index contributed by atoms with van der Waals surface area (Å²) in [5.74, 6) is 1.51. The summed E-state index contributed by atoms with van der Waals surface area (Å²) in [4.78, 5) is 4.20. The summed E-state index contributed by atoms with van der Waals surface area (Å²) >= 11 is 0. The molecule has 0 spiro atoms. The first-order valence-corrected chi connectivity index (χ1v) is 12.0. The average Bonchev–Trinajstić information content (AvgIpc) is 3.52. The molecule has 0 atom stereocenters. The van der Waals surface area contributed by atoms with Crippen LogP contribution in [-0.2, 0) is 28.7 Å². The molecule has 0 bridgehead atoms. The Balaban J connectivity index is 0.00000341. The van der Waals surface area contributed by atoms with Gasteiger partial charge < -0.3 is 15.4 Å². The molecule has 0 saturated heterocycles. The predicted molar refractivity (Wildman–Crippen MR) is 132 cm³/mol. The van der Waals surface area contributed by atoms with Crippen molar-refractivity contribution in [3.63, 3.8) is 0 Å². The number of nitrogens with zero attached hydrogens (tertiary/aromatic N) is 1. The summed E-state index contributed by atoms with van der Waals surface area (Å²) < 4.78 is 43.0. The maximum Gasteiger partial charge on any atom is 0.191 e. The Bertz CT molecular complexity index is 1010. The van der Waals surface area contributed by atoms with Gasteiger partial charge in [0.1, 0.15) is 11.6 Å². The Morgan fingerprint density at radius 3 is 2.42 bits per heavy atom. The number of halogens is 2. The van der Waals surface area contributed by atoms with Crippen molar-refractivity contribution in [3.05, 3.63) is 65.0 Å². The first kappa shape index (κ1) is 25.4. The van der Waals surface area contributed by atoms with Gasteiger partial charge in [-0.2, -0.15) is 0 Å². The molecular weight excluding hydrogens is 532 g/mol. The lowest BCUT2D eigenvalue weighted by Crippen LogP contribution is -2.36. The first-order chi connectivity index (χ1) is 14.3. The second-order valence-corrected chi connectivity index (χ2v) is 9.76. The van der Waals surface area contributed by atoms with Gasteiger partial charge in [0.15, 0.2) is 15.8 Å². The molecular formula is C22H29FIN3O3S. The number of sulfone groups is 1. The van der Waals surface area contributed by atoms with Crippen LogP contribution in [-0.4, -0.2) is 34.3 Å². The molecule has 2 N–H and O–H groups in total. The fourth-order valence-electron chi connectivity index (χ4n) is 3.04. The van der Waals surface area contributed by atoms with E-state index in [0.717, 1.165) is 24.2 Å². The van der Waals surface area contributed by atoms with Gasteiger partial charge >= 0.3 is 0 Å². The minimum Gasteiger partial charge on any atom is -0.493 e. The molecule has 170 valence electrons. The van der Waals surface area contributed by atoms with Crippen molar-refractivity contribution >= 4 is 39.8 Å². The summed E-state index contributed by atoms with van der Waals surface area (Å²) in [6, 6.07) is 12.0. The molecule has 0 unspecified atom stereocenters. The molecule has 6 nitrogen and oxygen atoms in total. The van der Waals surface area contributed by atoms with Crippen LogP contribution in [0.25, 0.3) is 0 Å². The maximum absolute atomic E-state index is 13.7. The fraction of sp³-hybridized carbons (Fsp3) is 0.409. The van der Waals surface area contributed by atoms with E-state index >= 15 is 0 Å². The molecule has 2 aromatic rings. The van der Waals surface area contributed by atoms with E-state index in [0.29, 0.717) is 29.5 Å². The number of para-hydroxylation sites is 1. The van der Waals surface area contributed by atoms with E-state index in [1.807, 2.05) is 24.3 Å². The van der Waals surface area contributed by atoms with Crippen LogP contribution in [0.3, 0.4) is 0 Å². The fourth-order valence-corrected chi connectivity index (χ4v) is 3.89. The molecule has 0 aliphatic heterocycles. The van der Waals surface area contributed by atoms with Crippen LogP contribution >= 0.6 is 24.0 Å². The average molecular weight is 561 g/mol. The van der Waals surface area contributed by atoms with Crippen molar-refractivity contribution in [2.24, 2.45) is 10.9 Å². The normalized spacial score (nSPS) is 14.0. The standard InChI is InChI=1S/C22H28FN3O3S.HI/c1-24-22(25-12-17-5-3-4-6-21(17)29-14-16-7-8-16)26-13-19-11-20(23)10-9-18(19)15-30(2,27)28;/h3-6,9-11,16H,7-8,12-15H2,1-2H3,(H2,24,25,26);1H. The zero-order valence-electron chi connectivity index (χ0n) is 17.7. The summed E-state index contributed by atoms with van der Waals surface area (Å²) in [5, 5.41) is 6.35. The Labute approximate surface area is 200 Å². The quantitative estimate of drug-likeness (QED) is 0.278. The Morgan fingerprint density at radius 2 is 1.77 bits per heavy atom. The van der Waals surface area contributed by atoms with E-state index < -0.39 is 15.7 Å². The number of rotatable bonds is 9. The van der Waals surface area contributed by atoms with Gasteiger partial charge in [-0.3, -0.25) is 4.99 Å². The first-order valence-electron chi connectivity index (χ1n) is 9.94. The van der Waals surface area contributed by atoms with Gasteiger partial charge in [-0.1, -0.05) is 24.3 Å². The third kappa shape index (κ3) is 8.64. The Kier molecular flexibility index (Phi) is 9.54. The Hall–Kier alpha value is -1.88. The molecule has 1 fully saturated rings. The van der Waals surface area contributed by atoms with Gasteiger partial charge in [0, 0.05) is 32.0 Å². The van der Waals surface area contributed by atoms with Crippen LogP contribution in [0.2, 0.25) is 0 Å². The van der Waals surface area contributed by atoms with E-state index in [1.54, 1.807) is 7.05 Å². The summed E-state index contributed by atoms with van der Waals surface area (Å²) in [6.45, 7) is 1.51. The number of hydrogen-bond acceptors (Lipinski definition) is 4. The number of aliphatic imine (C=N–C) groups is 1. The smallest absolute Gasteiger partial charge is 0.191 e. The number of hydrogen-bond donors (Lipinski definition) is 2. The second kappa shape index (κ2) is 11.7. The molecule has 1 aliphatic rings. The number of benzene rings is 2. The zero-order valence-corrected chi connectivity index (χ0v) is 20.9. The van der Waals surface area contributed by atoms with Gasteiger partial charge in [0.25, 0.3) is 0 Å². The largest absolute Gasteiger partial charge is 0.493 e. The van der Waals surface area contributed by atoms with Crippen LogP contribution < -0.4 is 15.4 Å². The molecule has 1 saturated carbocycles. The highest BCUT2D eigenvalue weighted by Crippen LogP contribution is 2.30. The van der Waals surface area contributed by atoms with Crippen molar-refractivity contribution in [2.75, 3.05) is 19.9 Å². The lowest BCUT2D eigenvalue weighted by molar-refractivity contribution is 0.296. The van der Waals surface area contributed by atoms with Crippen molar-refractivity contribution in [1.29, 1.82) is 0 Å². The molecule has 0 amide bonds. The van der Waals surface area contributed by atoms with E-state index in [-0.39, 0.29) is 36.3 Å². The van der Waals surface area contributed by atoms with Gasteiger partial charge in [-0.05, 0) is 48.1 Å². The summed E-state index contributed by atoms with van der Waals surface area (Å²) in [6.07, 6.45) is 3.63. The van der Waals surface area contributed by atoms with Crippen LogP contribution in [0.4, 0.5) is 4.39 Å². The van der Waals surface area contributed by atoms with E-state index in [2.05, 4.69) is 15.6 Å². The van der Waals surface area contributed by atoms with Gasteiger partial charge in [-0.15, -0.1) is 24.0 Å². The lowest BCUT2D eigenvalue weighted by atomic mass is 10.1. The Morgan fingerprint density at radius 1 is 1.10 bits per heavy atom. The second-order valence-electron chi connectivity index (χ2n) is 7.62. The van der Waals surface area contributed by atoms with Gasteiger partial charge in [0.05, 0.1) is 12.4 Å². The lowest BCUT2D eigenvalue weighted by Gasteiger charge is -2.16. The molecule has 3 rings (SSSR count). The molecule has 1 aliphatic carbocycles. The molecule has 9 heteroatoms. The third-order valence-electron chi connectivity index (χ3n) is 4.85. The van der Waals surface area contributed by atoms with Crippen molar-refractivity contribution < 1.29 is 17.5 Å². The molecule has 0 radical (unpaired) electrons. The van der Waals surface area contributed by atoms with E-state index in [1.165, 1.54) is 31.0 Å².